The van der Waals surface area contributed by atoms with E-state index >= 15 is 0 Å². The number of nitrogens with zero attached hydrogens (tertiary/aromatic N) is 1. The van der Waals surface area contributed by atoms with Crippen molar-refractivity contribution in [2.24, 2.45) is 0 Å². The average molecular weight is 433 g/mol. The summed E-state index contributed by atoms with van der Waals surface area (Å²) in [5.41, 5.74) is 3.11. The van der Waals surface area contributed by atoms with Gasteiger partial charge in [0, 0.05) is 30.8 Å². The zero-order valence-electron chi connectivity index (χ0n) is 18.3. The van der Waals surface area contributed by atoms with Crippen LogP contribution in [0, 0.1) is 0 Å². The summed E-state index contributed by atoms with van der Waals surface area (Å²) in [4.78, 5) is 16.6. The van der Waals surface area contributed by atoms with E-state index in [1.807, 2.05) is 61.5 Å². The van der Waals surface area contributed by atoms with Gasteiger partial charge in [0.05, 0.1) is 19.3 Å². The minimum absolute atomic E-state index is 0.0153. The fourth-order valence-corrected chi connectivity index (χ4v) is 3.52. The lowest BCUT2D eigenvalue weighted by molar-refractivity contribution is -0.121. The van der Waals surface area contributed by atoms with E-state index in [-0.39, 0.29) is 11.9 Å². The Hall–Kier alpha value is -3.54. The van der Waals surface area contributed by atoms with E-state index in [1.165, 1.54) is 0 Å². The Morgan fingerprint density at radius 1 is 1.06 bits per heavy atom. The highest BCUT2D eigenvalue weighted by atomic mass is 16.5. The minimum atomic E-state index is -0.0846. The molecule has 2 heterocycles. The lowest BCUT2D eigenvalue weighted by atomic mass is 10.1. The summed E-state index contributed by atoms with van der Waals surface area (Å²) >= 11 is 0. The van der Waals surface area contributed by atoms with E-state index in [0.717, 1.165) is 40.4 Å². The molecule has 0 aliphatic carbocycles. The Bertz CT molecular complexity index is 1020. The number of aromatic nitrogens is 1. The van der Waals surface area contributed by atoms with Gasteiger partial charge in [-0.25, -0.2) is 0 Å². The number of fused-ring (bicyclic) bond motifs is 1. The van der Waals surface area contributed by atoms with Crippen molar-refractivity contribution in [1.29, 1.82) is 0 Å². The SMILES string of the molecule is CC(NC(=O)CCc1ccc2c(c1)OCCCO2)c1ccc(OCc2cccnc2)cc1. The van der Waals surface area contributed by atoms with Gasteiger partial charge in [0.25, 0.3) is 0 Å². The molecule has 6 heteroatoms. The van der Waals surface area contributed by atoms with Gasteiger partial charge in [0.2, 0.25) is 5.91 Å². The van der Waals surface area contributed by atoms with Crippen molar-refractivity contribution < 1.29 is 19.0 Å². The first-order valence-electron chi connectivity index (χ1n) is 11.0. The van der Waals surface area contributed by atoms with Crippen molar-refractivity contribution >= 4 is 5.91 Å². The Kier molecular flexibility index (Phi) is 7.23. The van der Waals surface area contributed by atoms with Crippen molar-refractivity contribution in [2.45, 2.75) is 38.8 Å². The zero-order chi connectivity index (χ0) is 22.2. The molecule has 1 aromatic heterocycles. The summed E-state index contributed by atoms with van der Waals surface area (Å²) in [6.07, 6.45) is 5.47. The smallest absolute Gasteiger partial charge is 0.220 e. The van der Waals surface area contributed by atoms with Gasteiger partial charge in [-0.15, -0.1) is 0 Å². The third-order valence-electron chi connectivity index (χ3n) is 5.34. The Labute approximate surface area is 188 Å². The number of hydrogen-bond donors (Lipinski definition) is 1. The highest BCUT2D eigenvalue weighted by Gasteiger charge is 2.13. The number of carbonyl (C=O) groups excluding carboxylic acids is 1. The molecule has 32 heavy (non-hydrogen) atoms. The molecule has 4 rings (SSSR count). The van der Waals surface area contributed by atoms with Crippen molar-refractivity contribution in [3.05, 3.63) is 83.7 Å². The maximum Gasteiger partial charge on any atom is 0.220 e. The maximum atomic E-state index is 12.5. The maximum absolute atomic E-state index is 12.5. The first-order chi connectivity index (χ1) is 15.7. The molecule has 0 bridgehead atoms. The highest BCUT2D eigenvalue weighted by molar-refractivity contribution is 5.76. The molecule has 1 aliphatic rings. The first kappa shape index (κ1) is 21.7. The number of nitrogens with one attached hydrogen (secondary N) is 1. The van der Waals surface area contributed by atoms with Crippen LogP contribution >= 0.6 is 0 Å². The van der Waals surface area contributed by atoms with Crippen molar-refractivity contribution in [3.63, 3.8) is 0 Å². The fourth-order valence-electron chi connectivity index (χ4n) is 3.52. The number of rotatable bonds is 8. The summed E-state index contributed by atoms with van der Waals surface area (Å²) in [5.74, 6) is 2.34. The number of amides is 1. The summed E-state index contributed by atoms with van der Waals surface area (Å²) < 4.78 is 17.2. The topological polar surface area (TPSA) is 69.7 Å². The van der Waals surface area contributed by atoms with Crippen LogP contribution in [0.1, 0.15) is 42.5 Å². The first-order valence-corrected chi connectivity index (χ1v) is 11.0. The molecule has 0 fully saturated rings. The lowest BCUT2D eigenvalue weighted by Crippen LogP contribution is -2.26. The molecule has 2 aromatic carbocycles. The number of aryl methyl sites for hydroxylation is 1. The zero-order valence-corrected chi connectivity index (χ0v) is 18.3. The summed E-state index contributed by atoms with van der Waals surface area (Å²) in [6, 6.07) is 17.5. The second-order valence-corrected chi connectivity index (χ2v) is 7.84. The molecule has 1 atom stereocenters. The van der Waals surface area contributed by atoms with E-state index < -0.39 is 0 Å². The van der Waals surface area contributed by atoms with E-state index in [4.69, 9.17) is 14.2 Å². The summed E-state index contributed by atoms with van der Waals surface area (Å²) in [5, 5.41) is 3.07. The molecule has 1 N–H and O–H groups in total. The minimum Gasteiger partial charge on any atom is -0.490 e. The molecule has 1 amide bonds. The van der Waals surface area contributed by atoms with Gasteiger partial charge in [0.15, 0.2) is 11.5 Å². The van der Waals surface area contributed by atoms with Crippen LogP contribution in [-0.4, -0.2) is 24.1 Å². The van der Waals surface area contributed by atoms with Crippen molar-refractivity contribution in [1.82, 2.24) is 10.3 Å². The number of pyridine rings is 1. The number of hydrogen-bond acceptors (Lipinski definition) is 5. The molecule has 0 spiro atoms. The van der Waals surface area contributed by atoms with Crippen molar-refractivity contribution in [2.75, 3.05) is 13.2 Å². The Balaban J connectivity index is 1.25. The Morgan fingerprint density at radius 3 is 2.66 bits per heavy atom. The van der Waals surface area contributed by atoms with Crippen LogP contribution in [0.3, 0.4) is 0 Å². The quantitative estimate of drug-likeness (QED) is 0.562. The van der Waals surface area contributed by atoms with Gasteiger partial charge in [-0.2, -0.15) is 0 Å². The van der Waals surface area contributed by atoms with Gasteiger partial charge >= 0.3 is 0 Å². The van der Waals surface area contributed by atoms with Crippen molar-refractivity contribution in [3.8, 4) is 17.2 Å². The second kappa shape index (κ2) is 10.7. The van der Waals surface area contributed by atoms with Crippen LogP contribution in [0.4, 0.5) is 0 Å². The van der Waals surface area contributed by atoms with E-state index in [9.17, 15) is 4.79 Å². The summed E-state index contributed by atoms with van der Waals surface area (Å²) in [7, 11) is 0. The molecule has 1 aliphatic heterocycles. The number of benzene rings is 2. The van der Waals surface area contributed by atoms with Crippen LogP contribution in [0.2, 0.25) is 0 Å². The van der Waals surface area contributed by atoms with Gasteiger partial charge in [0.1, 0.15) is 12.4 Å². The molecule has 0 radical (unpaired) electrons. The molecule has 166 valence electrons. The van der Waals surface area contributed by atoms with Gasteiger partial charge in [-0.05, 0) is 54.8 Å². The standard InChI is InChI=1S/C26H28N2O4/c1-19(22-7-9-23(10-8-22)32-18-21-4-2-13-27-17-21)28-26(29)12-6-20-5-11-24-25(16-20)31-15-3-14-30-24/h2,4-5,7-11,13,16-17,19H,3,6,12,14-15,18H2,1H3,(H,28,29). The number of carbonyl (C=O) groups is 1. The monoisotopic (exact) mass is 432 g/mol. The van der Waals surface area contributed by atoms with Gasteiger partial charge in [-0.3, -0.25) is 9.78 Å². The largest absolute Gasteiger partial charge is 0.490 e. The van der Waals surface area contributed by atoms with E-state index in [2.05, 4.69) is 10.3 Å². The third-order valence-corrected chi connectivity index (χ3v) is 5.34. The molecular formula is C26H28N2O4. The van der Waals surface area contributed by atoms with Crippen LogP contribution in [0.15, 0.2) is 67.0 Å². The van der Waals surface area contributed by atoms with Gasteiger partial charge in [-0.1, -0.05) is 24.3 Å². The Morgan fingerprint density at radius 2 is 1.88 bits per heavy atom. The highest BCUT2D eigenvalue weighted by Crippen LogP contribution is 2.30. The van der Waals surface area contributed by atoms with Gasteiger partial charge < -0.3 is 19.5 Å². The summed E-state index contributed by atoms with van der Waals surface area (Å²) in [6.45, 7) is 3.78. The number of ether oxygens (including phenoxy) is 3. The second-order valence-electron chi connectivity index (χ2n) is 7.84. The van der Waals surface area contributed by atoms with E-state index in [0.29, 0.717) is 32.7 Å². The van der Waals surface area contributed by atoms with E-state index in [1.54, 1.807) is 12.4 Å². The molecule has 0 saturated carbocycles. The lowest BCUT2D eigenvalue weighted by Gasteiger charge is -2.15. The van der Waals surface area contributed by atoms with Crippen LogP contribution in [0.25, 0.3) is 0 Å². The molecule has 3 aromatic rings. The van der Waals surface area contributed by atoms with Crippen LogP contribution in [0.5, 0.6) is 17.2 Å². The average Bonchev–Trinajstić information content (AvgIpc) is 3.07. The predicted octanol–water partition coefficient (Wildman–Crippen LogP) is 4.63. The van der Waals surface area contributed by atoms with Crippen LogP contribution in [-0.2, 0) is 17.8 Å². The molecule has 6 nitrogen and oxygen atoms in total. The van der Waals surface area contributed by atoms with Crippen LogP contribution < -0.4 is 19.5 Å². The third kappa shape index (κ3) is 6.00. The molecule has 0 saturated heterocycles. The fraction of sp³-hybridized carbons (Fsp3) is 0.308. The molecule has 1 unspecified atom stereocenters. The molecular weight excluding hydrogens is 404 g/mol. The normalized spacial score (nSPS) is 13.7. The predicted molar refractivity (Wildman–Crippen MR) is 122 cm³/mol.